The Hall–Kier alpha value is -5.05. The van der Waals surface area contributed by atoms with Gasteiger partial charge in [-0.3, -0.25) is 13.7 Å². The summed E-state index contributed by atoms with van der Waals surface area (Å²) in [5.74, 6) is -0.560. The van der Waals surface area contributed by atoms with E-state index in [2.05, 4.69) is 20.5 Å². The van der Waals surface area contributed by atoms with Gasteiger partial charge < -0.3 is 15.6 Å². The highest BCUT2D eigenvalue weighted by Gasteiger charge is 2.24. The number of phenolic OH excluding ortho intramolecular Hbond substituents is 1. The van der Waals surface area contributed by atoms with Crippen LogP contribution in [0.15, 0.2) is 102 Å². The summed E-state index contributed by atoms with van der Waals surface area (Å²) in [5.41, 5.74) is 5.65. The lowest BCUT2D eigenvalue weighted by molar-refractivity contribution is 0.416. The number of methoxy groups -OCH3 is 1. The third-order valence-electron chi connectivity index (χ3n) is 6.86. The van der Waals surface area contributed by atoms with Crippen molar-refractivity contribution in [1.29, 1.82) is 0 Å². The second-order valence-corrected chi connectivity index (χ2v) is 14.1. The van der Waals surface area contributed by atoms with Crippen LogP contribution < -0.4 is 10.5 Å². The molecule has 5 aromatic carbocycles. The Morgan fingerprint density at radius 3 is 1.94 bits per heavy atom. The lowest BCUT2D eigenvalue weighted by atomic mass is 10.1. The fourth-order valence-electron chi connectivity index (χ4n) is 4.75. The van der Waals surface area contributed by atoms with E-state index in [9.17, 15) is 44.0 Å². The average molecular weight is 702 g/mol. The molecule has 5 aromatic rings. The Balaban J connectivity index is 1.59. The molecule has 0 aliphatic carbocycles. The van der Waals surface area contributed by atoms with Crippen LogP contribution in [0.25, 0.3) is 21.5 Å². The number of hydrogen-bond donors (Lipinski definition) is 5. The molecule has 0 fully saturated rings. The van der Waals surface area contributed by atoms with Gasteiger partial charge in [0.2, 0.25) is 0 Å². The summed E-state index contributed by atoms with van der Waals surface area (Å²) < 4.78 is 107. The topological polar surface area (TPSA) is 268 Å². The Morgan fingerprint density at radius 2 is 1.30 bits per heavy atom. The van der Waals surface area contributed by atoms with Crippen LogP contribution in [-0.4, -0.2) is 51.1 Å². The second-order valence-electron chi connectivity index (χ2n) is 9.95. The van der Waals surface area contributed by atoms with E-state index in [-0.39, 0.29) is 50.0 Å². The van der Waals surface area contributed by atoms with E-state index in [4.69, 9.17) is 10.5 Å². The highest BCUT2D eigenvalue weighted by Crippen LogP contribution is 2.44. The predicted molar refractivity (Wildman–Crippen MR) is 169 cm³/mol. The number of rotatable bonds is 8. The molecular weight excluding hydrogens is 679 g/mol. The Labute approximate surface area is 267 Å². The Kier molecular flexibility index (Phi) is 8.47. The lowest BCUT2D eigenvalue weighted by Crippen LogP contribution is -2.03. The molecule has 0 atom stereocenters. The minimum Gasteiger partial charge on any atom is -0.505 e. The molecule has 0 spiro atoms. The van der Waals surface area contributed by atoms with Gasteiger partial charge in [0, 0.05) is 27.9 Å². The van der Waals surface area contributed by atoms with Crippen LogP contribution in [0, 0.1) is 6.92 Å². The van der Waals surface area contributed by atoms with Crippen LogP contribution in [0.5, 0.6) is 11.5 Å². The van der Waals surface area contributed by atoms with Crippen LogP contribution in [0.1, 0.15) is 5.56 Å². The molecule has 47 heavy (non-hydrogen) atoms. The number of nitrogens with zero attached hydrogens (tertiary/aromatic N) is 4. The van der Waals surface area contributed by atoms with Gasteiger partial charge >= 0.3 is 0 Å². The average Bonchev–Trinajstić information content (AvgIpc) is 2.97. The zero-order chi connectivity index (χ0) is 34.5. The molecule has 6 N–H and O–H groups in total. The van der Waals surface area contributed by atoms with Gasteiger partial charge in [-0.15, -0.1) is 15.3 Å². The first-order valence-corrected chi connectivity index (χ1v) is 17.3. The first-order valence-electron chi connectivity index (χ1n) is 13.0. The summed E-state index contributed by atoms with van der Waals surface area (Å²) in [5, 5.41) is 26.8. The monoisotopic (exact) mass is 701 g/mol. The number of benzene rings is 5. The Bertz CT molecular complexity index is 2520. The fourth-order valence-corrected chi connectivity index (χ4v) is 6.94. The number of phenols is 1. The quantitative estimate of drug-likeness (QED) is 0.0690. The maximum absolute atomic E-state index is 12.4. The van der Waals surface area contributed by atoms with Crippen LogP contribution in [0.4, 0.5) is 28.4 Å². The molecule has 0 aliphatic heterocycles. The molecular formula is C28H23N5O11S3. The van der Waals surface area contributed by atoms with Crippen LogP contribution >= 0.6 is 0 Å². The van der Waals surface area contributed by atoms with E-state index < -0.39 is 56.5 Å². The number of azo groups is 2. The molecule has 0 aliphatic rings. The lowest BCUT2D eigenvalue weighted by Gasteiger charge is -2.11. The van der Waals surface area contributed by atoms with Gasteiger partial charge in [-0.25, -0.2) is 0 Å². The van der Waals surface area contributed by atoms with Crippen molar-refractivity contribution < 1.29 is 48.8 Å². The summed E-state index contributed by atoms with van der Waals surface area (Å²) in [6.07, 6.45) is 0. The molecule has 0 aromatic heterocycles. The van der Waals surface area contributed by atoms with Crippen molar-refractivity contribution in [2.75, 3.05) is 12.8 Å². The summed E-state index contributed by atoms with van der Waals surface area (Å²) in [6.45, 7) is 1.57. The number of aryl methyl sites for hydroxylation is 1. The number of hydrogen-bond acceptors (Lipinski definition) is 13. The fraction of sp³-hybridized carbons (Fsp3) is 0.0714. The molecule has 244 valence electrons. The van der Waals surface area contributed by atoms with E-state index in [0.717, 1.165) is 18.2 Å². The Morgan fingerprint density at radius 1 is 0.660 bits per heavy atom. The third kappa shape index (κ3) is 6.61. The van der Waals surface area contributed by atoms with Crippen LogP contribution in [0.2, 0.25) is 0 Å². The van der Waals surface area contributed by atoms with Crippen molar-refractivity contribution in [1.82, 2.24) is 0 Å². The molecule has 0 saturated carbocycles. The van der Waals surface area contributed by atoms with Gasteiger partial charge in [0.15, 0.2) is 5.75 Å². The molecule has 5 rings (SSSR count). The third-order valence-corrected chi connectivity index (χ3v) is 9.58. The summed E-state index contributed by atoms with van der Waals surface area (Å²) >= 11 is 0. The molecule has 0 radical (unpaired) electrons. The van der Waals surface area contributed by atoms with Crippen molar-refractivity contribution in [2.24, 2.45) is 20.5 Å². The smallest absolute Gasteiger partial charge is 0.297 e. The first-order chi connectivity index (χ1) is 21.9. The molecule has 0 heterocycles. The normalized spacial score (nSPS) is 12.9. The van der Waals surface area contributed by atoms with Gasteiger partial charge in [0.05, 0.1) is 12.8 Å². The zero-order valence-corrected chi connectivity index (χ0v) is 26.5. The summed E-state index contributed by atoms with van der Waals surface area (Å²) in [7, 11) is -13.3. The van der Waals surface area contributed by atoms with Gasteiger partial charge in [-0.1, -0.05) is 18.2 Å². The van der Waals surface area contributed by atoms with E-state index in [1.165, 1.54) is 55.6 Å². The largest absolute Gasteiger partial charge is 0.505 e. The van der Waals surface area contributed by atoms with Gasteiger partial charge in [-0.2, -0.15) is 30.4 Å². The zero-order valence-electron chi connectivity index (χ0n) is 24.1. The number of nitrogen functional groups attached to an aromatic ring is 1. The number of fused-ring (bicyclic) bond motifs is 2. The number of aromatic hydroxyl groups is 1. The van der Waals surface area contributed by atoms with Crippen LogP contribution in [0.3, 0.4) is 0 Å². The van der Waals surface area contributed by atoms with Gasteiger partial charge in [0.25, 0.3) is 30.4 Å². The van der Waals surface area contributed by atoms with Crippen molar-refractivity contribution in [3.63, 3.8) is 0 Å². The predicted octanol–water partition coefficient (Wildman–Crippen LogP) is 6.17. The molecule has 16 nitrogen and oxygen atoms in total. The van der Waals surface area contributed by atoms with Crippen LogP contribution in [-0.2, 0) is 30.4 Å². The molecule has 19 heteroatoms. The minimum absolute atomic E-state index is 0.0288. The summed E-state index contributed by atoms with van der Waals surface area (Å²) in [6, 6.07) is 13.9. The first kappa shape index (κ1) is 33.3. The van der Waals surface area contributed by atoms with Crippen molar-refractivity contribution in [3.05, 3.63) is 72.3 Å². The van der Waals surface area contributed by atoms with Gasteiger partial charge in [0.1, 0.15) is 37.5 Å². The van der Waals surface area contributed by atoms with E-state index in [1.807, 2.05) is 0 Å². The standard InChI is InChI=1S/C28H23N5O11S3/c1-14-10-22(32-33-26-25(46(38,39)40)12-15-11-16(29)6-7-17(15)27(26)34)23(44-2)13-21(14)31-30-20-9-8-18-19(28(20)47(41,42)43)4-3-5-24(18)45(35,36)37/h3-13,34H,29H2,1-2H3,(H,35,36,37)(H,38,39,40)(H,41,42,43)/b31-30+,33-32+. The number of nitrogens with two attached hydrogens (primary N) is 1. The maximum Gasteiger partial charge on any atom is 0.297 e. The number of ether oxygens (including phenoxy) is 1. The molecule has 0 bridgehead atoms. The highest BCUT2D eigenvalue weighted by atomic mass is 32.2. The van der Waals surface area contributed by atoms with Crippen molar-refractivity contribution >= 4 is 80.3 Å². The van der Waals surface area contributed by atoms with Crippen molar-refractivity contribution in [2.45, 2.75) is 21.6 Å². The number of anilines is 1. The van der Waals surface area contributed by atoms with E-state index >= 15 is 0 Å². The van der Waals surface area contributed by atoms with Gasteiger partial charge in [-0.05, 0) is 60.3 Å². The SMILES string of the molecule is COc1cc(/N=N/c2ccc3c(S(=O)(=O)O)cccc3c2S(=O)(=O)O)c(C)cc1/N=N/c1c(S(=O)(=O)O)cc2cc(N)ccc2c1O. The molecule has 0 unspecified atom stereocenters. The minimum atomic E-state index is -4.99. The van der Waals surface area contributed by atoms with E-state index in [1.54, 1.807) is 6.92 Å². The maximum atomic E-state index is 12.4. The highest BCUT2D eigenvalue weighted by molar-refractivity contribution is 7.86. The second kappa shape index (κ2) is 12.0. The molecule has 0 amide bonds. The molecule has 0 saturated heterocycles. The van der Waals surface area contributed by atoms with Crippen molar-refractivity contribution in [3.8, 4) is 11.5 Å². The van der Waals surface area contributed by atoms with E-state index in [0.29, 0.717) is 5.56 Å². The summed E-state index contributed by atoms with van der Waals surface area (Å²) in [4.78, 5) is -2.07.